The van der Waals surface area contributed by atoms with Gasteiger partial charge in [-0.3, -0.25) is 4.79 Å². The van der Waals surface area contributed by atoms with Gasteiger partial charge in [0.1, 0.15) is 0 Å². The van der Waals surface area contributed by atoms with Gasteiger partial charge in [0.15, 0.2) is 0 Å². The van der Waals surface area contributed by atoms with Gasteiger partial charge < -0.3 is 10.3 Å². The zero-order valence-corrected chi connectivity index (χ0v) is 11.5. The van der Waals surface area contributed by atoms with Gasteiger partial charge in [-0.1, -0.05) is 30.3 Å². The van der Waals surface area contributed by atoms with E-state index in [1.54, 1.807) is 24.3 Å². The maximum absolute atomic E-state index is 11.6. The van der Waals surface area contributed by atoms with Crippen molar-refractivity contribution < 1.29 is 4.79 Å². The Labute approximate surface area is 117 Å². The van der Waals surface area contributed by atoms with Gasteiger partial charge in [-0.25, -0.2) is 4.98 Å². The summed E-state index contributed by atoms with van der Waals surface area (Å²) in [6.45, 7) is 0.512. The third kappa shape index (κ3) is 5.18. The Kier molecular flexibility index (Phi) is 5.49. The third-order valence-electron chi connectivity index (χ3n) is 2.64. The van der Waals surface area contributed by atoms with Crippen LogP contribution in [-0.4, -0.2) is 27.4 Å². The van der Waals surface area contributed by atoms with Crippen LogP contribution in [-0.2, 0) is 17.8 Å². The molecule has 100 valence electrons. The number of carbonyl (C=O) groups excluding carboxylic acids is 1. The number of thioether (sulfide) groups is 1. The molecule has 0 aliphatic rings. The highest BCUT2D eigenvalue weighted by Gasteiger charge is 2.02. The first kappa shape index (κ1) is 13.7. The van der Waals surface area contributed by atoms with Crippen molar-refractivity contribution in [3.8, 4) is 0 Å². The molecule has 0 saturated carbocycles. The summed E-state index contributed by atoms with van der Waals surface area (Å²) in [5.74, 6) is 1.52. The second-order valence-electron chi connectivity index (χ2n) is 4.14. The van der Waals surface area contributed by atoms with Crippen molar-refractivity contribution in [3.05, 3.63) is 54.1 Å². The van der Waals surface area contributed by atoms with Gasteiger partial charge in [0.25, 0.3) is 0 Å². The van der Waals surface area contributed by atoms with E-state index in [4.69, 9.17) is 0 Å². The van der Waals surface area contributed by atoms with E-state index < -0.39 is 0 Å². The first-order chi connectivity index (χ1) is 9.34. The van der Waals surface area contributed by atoms with Gasteiger partial charge in [-0.15, -0.1) is 0 Å². The summed E-state index contributed by atoms with van der Waals surface area (Å²) in [4.78, 5) is 18.4. The second kappa shape index (κ2) is 7.63. The average Bonchev–Trinajstić information content (AvgIpc) is 2.96. The number of aryl methyl sites for hydroxylation is 1. The van der Waals surface area contributed by atoms with Gasteiger partial charge >= 0.3 is 0 Å². The molecule has 1 aromatic heterocycles. The van der Waals surface area contributed by atoms with Crippen LogP contribution in [0.4, 0.5) is 0 Å². The molecule has 0 aliphatic carbocycles. The van der Waals surface area contributed by atoms with E-state index in [1.165, 1.54) is 5.56 Å². The molecule has 0 atom stereocenters. The molecule has 0 aliphatic heterocycles. The summed E-state index contributed by atoms with van der Waals surface area (Å²) < 4.78 is 0. The van der Waals surface area contributed by atoms with E-state index >= 15 is 0 Å². The number of carbonyl (C=O) groups is 1. The molecule has 1 amide bonds. The number of aromatic nitrogens is 2. The fourth-order valence-electron chi connectivity index (χ4n) is 1.63. The van der Waals surface area contributed by atoms with Gasteiger partial charge in [0.05, 0.1) is 24.3 Å². The molecule has 5 heteroatoms. The lowest BCUT2D eigenvalue weighted by Crippen LogP contribution is -2.24. The molecule has 4 nitrogen and oxygen atoms in total. The zero-order chi connectivity index (χ0) is 13.3. The molecule has 2 aromatic rings. The standard InChI is InChI=1S/C14H17N3OS/c18-14(16-9-13-8-15-11-17-13)10-19-7-6-12-4-2-1-3-5-12/h1-5,8,11H,6-7,9-10H2,(H,15,17)(H,16,18). The smallest absolute Gasteiger partial charge is 0.230 e. The molecule has 2 rings (SSSR count). The summed E-state index contributed by atoms with van der Waals surface area (Å²) in [6.07, 6.45) is 4.32. The summed E-state index contributed by atoms with van der Waals surface area (Å²) in [6, 6.07) is 10.3. The lowest BCUT2D eigenvalue weighted by Gasteiger charge is -2.04. The van der Waals surface area contributed by atoms with Crippen molar-refractivity contribution in [1.29, 1.82) is 0 Å². The highest BCUT2D eigenvalue weighted by molar-refractivity contribution is 7.99. The Morgan fingerprint density at radius 3 is 2.89 bits per heavy atom. The van der Waals surface area contributed by atoms with E-state index in [9.17, 15) is 4.79 Å². The van der Waals surface area contributed by atoms with Crippen LogP contribution in [0.2, 0.25) is 0 Å². The van der Waals surface area contributed by atoms with E-state index in [0.717, 1.165) is 17.9 Å². The number of H-pyrrole nitrogens is 1. The molecule has 2 N–H and O–H groups in total. The van der Waals surface area contributed by atoms with Crippen molar-refractivity contribution in [3.63, 3.8) is 0 Å². The number of hydrogen-bond acceptors (Lipinski definition) is 3. The molecule has 0 spiro atoms. The minimum Gasteiger partial charge on any atom is -0.350 e. The summed E-state index contributed by atoms with van der Waals surface area (Å²) in [5.41, 5.74) is 2.23. The average molecular weight is 275 g/mol. The van der Waals surface area contributed by atoms with Gasteiger partial charge in [-0.2, -0.15) is 11.8 Å². The largest absolute Gasteiger partial charge is 0.350 e. The van der Waals surface area contributed by atoms with E-state index in [1.807, 2.05) is 18.2 Å². The van der Waals surface area contributed by atoms with Crippen molar-refractivity contribution in [1.82, 2.24) is 15.3 Å². The zero-order valence-electron chi connectivity index (χ0n) is 10.6. The van der Waals surface area contributed by atoms with Gasteiger partial charge in [0.2, 0.25) is 5.91 Å². The highest BCUT2D eigenvalue weighted by Crippen LogP contribution is 2.06. The van der Waals surface area contributed by atoms with Crippen molar-refractivity contribution in [2.24, 2.45) is 0 Å². The Balaban J connectivity index is 1.57. The number of nitrogens with one attached hydrogen (secondary N) is 2. The first-order valence-corrected chi connectivity index (χ1v) is 7.35. The molecular weight excluding hydrogens is 258 g/mol. The topological polar surface area (TPSA) is 57.8 Å². The number of imidazole rings is 1. The molecule has 0 saturated heterocycles. The van der Waals surface area contributed by atoms with Crippen molar-refractivity contribution >= 4 is 17.7 Å². The summed E-state index contributed by atoms with van der Waals surface area (Å²) in [5, 5.41) is 2.85. The number of rotatable bonds is 7. The Hall–Kier alpha value is -1.75. The van der Waals surface area contributed by atoms with Crippen molar-refractivity contribution in [2.75, 3.05) is 11.5 Å². The molecule has 1 aromatic carbocycles. The Morgan fingerprint density at radius 1 is 1.32 bits per heavy atom. The predicted molar refractivity (Wildman–Crippen MR) is 77.9 cm³/mol. The number of hydrogen-bond donors (Lipinski definition) is 2. The molecule has 1 heterocycles. The SMILES string of the molecule is O=C(CSCCc1ccccc1)NCc1cnc[nH]1. The van der Waals surface area contributed by atoms with Crippen LogP contribution in [0.3, 0.4) is 0 Å². The predicted octanol–water partition coefficient (Wildman–Crippen LogP) is 2.00. The minimum absolute atomic E-state index is 0.0626. The monoisotopic (exact) mass is 275 g/mol. The Morgan fingerprint density at radius 2 is 2.16 bits per heavy atom. The van der Waals surface area contributed by atoms with Crippen LogP contribution in [0.25, 0.3) is 0 Å². The fourth-order valence-corrected chi connectivity index (χ4v) is 2.44. The number of aromatic amines is 1. The lowest BCUT2D eigenvalue weighted by molar-refractivity contribution is -0.118. The van der Waals surface area contributed by atoms with Gasteiger partial charge in [-0.05, 0) is 17.7 Å². The molecule has 0 unspecified atom stereocenters. The van der Waals surface area contributed by atoms with Gasteiger partial charge in [0, 0.05) is 6.20 Å². The van der Waals surface area contributed by atoms with Crippen molar-refractivity contribution in [2.45, 2.75) is 13.0 Å². The highest BCUT2D eigenvalue weighted by atomic mass is 32.2. The lowest BCUT2D eigenvalue weighted by atomic mass is 10.2. The summed E-state index contributed by atoms with van der Waals surface area (Å²) in [7, 11) is 0. The van der Waals surface area contributed by atoms with Crippen LogP contribution in [0, 0.1) is 0 Å². The van der Waals surface area contributed by atoms with Crippen LogP contribution in [0.15, 0.2) is 42.9 Å². The van der Waals surface area contributed by atoms with Crippen LogP contribution in [0.5, 0.6) is 0 Å². The van der Waals surface area contributed by atoms with E-state index in [2.05, 4.69) is 27.4 Å². The molecular formula is C14H17N3OS. The normalized spacial score (nSPS) is 10.3. The van der Waals surface area contributed by atoms with Crippen LogP contribution in [0.1, 0.15) is 11.3 Å². The van der Waals surface area contributed by atoms with E-state index in [-0.39, 0.29) is 5.91 Å². The number of nitrogens with zero attached hydrogens (tertiary/aromatic N) is 1. The molecule has 0 bridgehead atoms. The maximum atomic E-state index is 11.6. The molecule has 19 heavy (non-hydrogen) atoms. The number of amides is 1. The minimum atomic E-state index is 0.0626. The number of benzene rings is 1. The molecule has 0 radical (unpaired) electrons. The van der Waals surface area contributed by atoms with E-state index in [0.29, 0.717) is 12.3 Å². The maximum Gasteiger partial charge on any atom is 0.230 e. The second-order valence-corrected chi connectivity index (χ2v) is 5.25. The summed E-state index contributed by atoms with van der Waals surface area (Å²) >= 11 is 1.66. The first-order valence-electron chi connectivity index (χ1n) is 6.20. The fraction of sp³-hybridized carbons (Fsp3) is 0.286. The third-order valence-corrected chi connectivity index (χ3v) is 3.60. The Bertz CT molecular complexity index is 485. The van der Waals surface area contributed by atoms with Crippen LogP contribution >= 0.6 is 11.8 Å². The molecule has 0 fully saturated rings. The van der Waals surface area contributed by atoms with Crippen LogP contribution < -0.4 is 5.32 Å². The quantitative estimate of drug-likeness (QED) is 0.760.